The first-order valence-electron chi connectivity index (χ1n) is 28.9. The van der Waals surface area contributed by atoms with E-state index in [-0.39, 0.29) is 24.9 Å². The van der Waals surface area contributed by atoms with Gasteiger partial charge in [0.1, 0.15) is 6.10 Å². The van der Waals surface area contributed by atoms with Gasteiger partial charge in [0.05, 0.1) is 25.2 Å². The fourth-order valence-corrected chi connectivity index (χ4v) is 8.84. The first kappa shape index (κ1) is 63.8. The molecule has 0 saturated carbocycles. The minimum atomic E-state index is -0.793. The van der Waals surface area contributed by atoms with Gasteiger partial charge in [0.2, 0.25) is 5.91 Å². The number of hydrogen-bond acceptors (Lipinski definition) is 5. The molecule has 0 rings (SSSR count). The summed E-state index contributed by atoms with van der Waals surface area (Å²) in [7, 11) is 0. The molecule has 6 nitrogen and oxygen atoms in total. The number of aliphatic hydroxyl groups is 2. The monoisotopic (exact) mass is 926 g/mol. The molecule has 0 spiro atoms. The van der Waals surface area contributed by atoms with Crippen molar-refractivity contribution < 1.29 is 24.5 Å². The lowest BCUT2D eigenvalue weighted by Crippen LogP contribution is -2.46. The van der Waals surface area contributed by atoms with Crippen LogP contribution in [0.1, 0.15) is 297 Å². The zero-order valence-corrected chi connectivity index (χ0v) is 44.1. The van der Waals surface area contributed by atoms with E-state index in [0.29, 0.717) is 19.3 Å². The normalized spacial score (nSPS) is 13.5. The topological polar surface area (TPSA) is 95.9 Å². The molecule has 0 saturated heterocycles. The second-order valence-electron chi connectivity index (χ2n) is 19.7. The lowest BCUT2D eigenvalue weighted by atomic mass is 10.0. The minimum absolute atomic E-state index is 0.0683. The van der Waals surface area contributed by atoms with Gasteiger partial charge in [0.25, 0.3) is 0 Å². The van der Waals surface area contributed by atoms with Crippen molar-refractivity contribution in [1.82, 2.24) is 5.32 Å². The predicted octanol–water partition coefficient (Wildman–Crippen LogP) is 17.8. The summed E-state index contributed by atoms with van der Waals surface area (Å²) < 4.78 is 5.95. The van der Waals surface area contributed by atoms with E-state index in [2.05, 4.69) is 74.7 Å². The van der Waals surface area contributed by atoms with E-state index < -0.39 is 18.2 Å². The molecule has 0 fully saturated rings. The maximum atomic E-state index is 13.3. The highest BCUT2D eigenvalue weighted by atomic mass is 16.5. The number of carbonyl (C=O) groups excluding carboxylic acids is 2. The van der Waals surface area contributed by atoms with Crippen molar-refractivity contribution in [2.45, 2.75) is 315 Å². The summed E-state index contributed by atoms with van der Waals surface area (Å²) in [5.74, 6) is -0.485. The SMILES string of the molecule is CC/C=C/C=C/C=C/CCCCCCCCCC(=O)OC(CCCCCCC/C=C/CCCCCCCC)CC(=O)NC(CO)C(O)CCCCCCCCCCCCCCCCCCC. The Bertz CT molecular complexity index is 1130. The molecule has 0 aromatic carbocycles. The van der Waals surface area contributed by atoms with Crippen molar-refractivity contribution in [3.05, 3.63) is 48.6 Å². The maximum Gasteiger partial charge on any atom is 0.306 e. The van der Waals surface area contributed by atoms with E-state index in [4.69, 9.17) is 4.74 Å². The van der Waals surface area contributed by atoms with E-state index >= 15 is 0 Å². The second-order valence-corrected chi connectivity index (χ2v) is 19.7. The van der Waals surface area contributed by atoms with Crippen molar-refractivity contribution in [1.29, 1.82) is 0 Å². The number of hydrogen-bond donors (Lipinski definition) is 3. The van der Waals surface area contributed by atoms with Crippen LogP contribution >= 0.6 is 0 Å². The third-order valence-electron chi connectivity index (χ3n) is 13.2. The number of amides is 1. The molecule has 3 N–H and O–H groups in total. The van der Waals surface area contributed by atoms with Gasteiger partial charge in [-0.1, -0.05) is 262 Å². The van der Waals surface area contributed by atoms with E-state index in [1.807, 2.05) is 0 Å². The van der Waals surface area contributed by atoms with E-state index in [1.165, 1.54) is 180 Å². The van der Waals surface area contributed by atoms with Crippen molar-refractivity contribution in [3.8, 4) is 0 Å². The molecule has 0 aromatic rings. The lowest BCUT2D eigenvalue weighted by Gasteiger charge is -2.24. The average Bonchev–Trinajstić information content (AvgIpc) is 3.31. The van der Waals surface area contributed by atoms with Crippen molar-refractivity contribution in [2.24, 2.45) is 0 Å². The summed E-state index contributed by atoms with van der Waals surface area (Å²) >= 11 is 0. The molecule has 0 heterocycles. The average molecular weight is 927 g/mol. The van der Waals surface area contributed by atoms with Gasteiger partial charge in [-0.15, -0.1) is 0 Å². The van der Waals surface area contributed by atoms with Gasteiger partial charge in [0.15, 0.2) is 0 Å². The zero-order chi connectivity index (χ0) is 48.1. The van der Waals surface area contributed by atoms with Gasteiger partial charge in [-0.05, 0) is 70.6 Å². The van der Waals surface area contributed by atoms with Gasteiger partial charge in [-0.2, -0.15) is 0 Å². The Morgan fingerprint density at radius 3 is 1.27 bits per heavy atom. The first-order valence-corrected chi connectivity index (χ1v) is 28.9. The Hall–Kier alpha value is -2.18. The molecule has 1 amide bonds. The van der Waals surface area contributed by atoms with E-state index in [0.717, 1.165) is 70.6 Å². The smallest absolute Gasteiger partial charge is 0.306 e. The molecule has 0 aliphatic rings. The summed E-state index contributed by atoms with van der Waals surface area (Å²) in [5.41, 5.74) is 0. The standard InChI is InChI=1S/C60H111NO5/c1-4-7-10-13-16-19-22-25-28-29-32-34-37-40-43-46-49-52-58(63)57(55-62)61-59(64)54-56(51-48-45-42-39-36-33-30-26-23-20-17-14-11-8-5-2)66-60(65)53-50-47-44-41-38-35-31-27-24-21-18-15-12-9-6-3/h9,12,15,18,21,24,26,30,56-58,62-63H,4-8,10-11,13-14,16-17,19-20,22-23,25,27-29,31-55H2,1-3H3,(H,61,64)/b12-9+,18-15+,24-21+,30-26+. The summed E-state index contributed by atoms with van der Waals surface area (Å²) in [6.45, 7) is 6.38. The van der Waals surface area contributed by atoms with Crippen LogP contribution in [0.5, 0.6) is 0 Å². The molecular formula is C60H111NO5. The number of esters is 1. The third kappa shape index (κ3) is 48.3. The van der Waals surface area contributed by atoms with Crippen LogP contribution in [-0.2, 0) is 14.3 Å². The highest BCUT2D eigenvalue weighted by Gasteiger charge is 2.24. The van der Waals surface area contributed by atoms with Crippen LogP contribution in [-0.4, -0.2) is 46.9 Å². The number of carbonyl (C=O) groups is 2. The molecule has 3 unspecified atom stereocenters. The fourth-order valence-electron chi connectivity index (χ4n) is 8.84. The second kappa shape index (κ2) is 53.8. The molecule has 6 heteroatoms. The molecule has 386 valence electrons. The predicted molar refractivity (Wildman–Crippen MR) is 287 cm³/mol. The Balaban J connectivity index is 4.54. The number of aliphatic hydroxyl groups excluding tert-OH is 2. The summed E-state index contributed by atoms with van der Waals surface area (Å²) in [6, 6.07) is -0.707. The zero-order valence-electron chi connectivity index (χ0n) is 44.1. The summed E-state index contributed by atoms with van der Waals surface area (Å²) in [6.07, 6.45) is 66.0. The fraction of sp³-hybridized carbons (Fsp3) is 0.833. The summed E-state index contributed by atoms with van der Waals surface area (Å²) in [5, 5.41) is 23.9. The van der Waals surface area contributed by atoms with Gasteiger partial charge < -0.3 is 20.3 Å². The van der Waals surface area contributed by atoms with Crippen molar-refractivity contribution in [2.75, 3.05) is 6.61 Å². The minimum Gasteiger partial charge on any atom is -0.462 e. The Morgan fingerprint density at radius 1 is 0.455 bits per heavy atom. The quantitative estimate of drug-likeness (QED) is 0.0244. The lowest BCUT2D eigenvalue weighted by molar-refractivity contribution is -0.151. The number of unbranched alkanes of at least 4 members (excludes halogenated alkanes) is 34. The molecule has 0 aromatic heterocycles. The summed E-state index contributed by atoms with van der Waals surface area (Å²) in [4.78, 5) is 26.3. The Morgan fingerprint density at radius 2 is 0.833 bits per heavy atom. The van der Waals surface area contributed by atoms with Crippen LogP contribution in [0.25, 0.3) is 0 Å². The van der Waals surface area contributed by atoms with Crippen LogP contribution in [0.15, 0.2) is 48.6 Å². The number of allylic oxidation sites excluding steroid dienone is 8. The maximum absolute atomic E-state index is 13.3. The van der Waals surface area contributed by atoms with Crippen LogP contribution in [0.2, 0.25) is 0 Å². The van der Waals surface area contributed by atoms with E-state index in [9.17, 15) is 19.8 Å². The molecule has 0 bridgehead atoms. The van der Waals surface area contributed by atoms with Gasteiger partial charge in [0, 0.05) is 6.42 Å². The molecule has 3 atom stereocenters. The van der Waals surface area contributed by atoms with Crippen LogP contribution in [0.4, 0.5) is 0 Å². The van der Waals surface area contributed by atoms with Gasteiger partial charge in [-0.3, -0.25) is 9.59 Å². The first-order chi connectivity index (χ1) is 32.5. The molecule has 0 aliphatic heterocycles. The highest BCUT2D eigenvalue weighted by Crippen LogP contribution is 2.18. The molecule has 0 radical (unpaired) electrons. The van der Waals surface area contributed by atoms with Gasteiger partial charge in [-0.25, -0.2) is 0 Å². The number of nitrogens with one attached hydrogen (secondary N) is 1. The van der Waals surface area contributed by atoms with Crippen molar-refractivity contribution >= 4 is 11.9 Å². The van der Waals surface area contributed by atoms with Crippen LogP contribution < -0.4 is 5.32 Å². The van der Waals surface area contributed by atoms with Gasteiger partial charge >= 0.3 is 5.97 Å². The highest BCUT2D eigenvalue weighted by molar-refractivity contribution is 5.77. The van der Waals surface area contributed by atoms with Crippen molar-refractivity contribution in [3.63, 3.8) is 0 Å². The molecular weight excluding hydrogens is 815 g/mol. The molecule has 66 heavy (non-hydrogen) atoms. The van der Waals surface area contributed by atoms with E-state index in [1.54, 1.807) is 0 Å². The molecule has 0 aliphatic carbocycles. The number of ether oxygens (including phenoxy) is 1. The Labute approximate surface area is 410 Å². The van der Waals surface area contributed by atoms with Crippen LogP contribution in [0.3, 0.4) is 0 Å². The number of rotatable bonds is 52. The third-order valence-corrected chi connectivity index (χ3v) is 13.2. The van der Waals surface area contributed by atoms with Crippen LogP contribution in [0, 0.1) is 0 Å². The largest absolute Gasteiger partial charge is 0.462 e. The Kier molecular flexibility index (Phi) is 52.0.